The fourth-order valence-electron chi connectivity index (χ4n) is 2.33. The summed E-state index contributed by atoms with van der Waals surface area (Å²) in [7, 11) is 0. The standard InChI is InChI=1S/C12H17N3O2S.ClH/c16-11(9-7-17-6-5-13-9)15-12-14-8-3-1-2-4-10(8)18-12;/h9,13H,1-7H2,(H,14,15,16);1H. The molecule has 0 aromatic carbocycles. The molecule has 2 aliphatic rings. The van der Waals surface area contributed by atoms with Crippen molar-refractivity contribution >= 4 is 34.8 Å². The molecule has 1 aromatic heterocycles. The van der Waals surface area contributed by atoms with E-state index in [1.54, 1.807) is 11.3 Å². The number of hydrogen-bond donors (Lipinski definition) is 2. The summed E-state index contributed by atoms with van der Waals surface area (Å²) in [5.74, 6) is -0.0409. The number of nitrogens with zero attached hydrogens (tertiary/aromatic N) is 1. The van der Waals surface area contributed by atoms with Gasteiger partial charge in [0, 0.05) is 11.4 Å². The lowest BCUT2D eigenvalue weighted by atomic mass is 10.0. The molecule has 0 bridgehead atoms. The fraction of sp³-hybridized carbons (Fsp3) is 0.667. The Morgan fingerprint density at radius 1 is 1.42 bits per heavy atom. The van der Waals surface area contributed by atoms with Crippen molar-refractivity contribution in [3.05, 3.63) is 10.6 Å². The van der Waals surface area contributed by atoms with Crippen molar-refractivity contribution < 1.29 is 9.53 Å². The van der Waals surface area contributed by atoms with Gasteiger partial charge in [-0.2, -0.15) is 0 Å². The number of carbonyl (C=O) groups excluding carboxylic acids is 1. The highest BCUT2D eigenvalue weighted by molar-refractivity contribution is 7.15. The Balaban J connectivity index is 0.00000133. The maximum Gasteiger partial charge on any atom is 0.245 e. The van der Waals surface area contributed by atoms with E-state index in [9.17, 15) is 4.79 Å². The van der Waals surface area contributed by atoms with Crippen molar-refractivity contribution in [2.45, 2.75) is 31.7 Å². The number of thiazole rings is 1. The minimum absolute atomic E-state index is 0. The molecule has 0 radical (unpaired) electrons. The van der Waals surface area contributed by atoms with E-state index in [2.05, 4.69) is 15.6 Å². The molecule has 3 rings (SSSR count). The average Bonchev–Trinajstić information content (AvgIpc) is 2.82. The Morgan fingerprint density at radius 2 is 2.26 bits per heavy atom. The third-order valence-electron chi connectivity index (χ3n) is 3.31. The van der Waals surface area contributed by atoms with Gasteiger partial charge in [-0.1, -0.05) is 0 Å². The number of fused-ring (bicyclic) bond motifs is 1. The van der Waals surface area contributed by atoms with Gasteiger partial charge in [-0.05, 0) is 25.7 Å². The van der Waals surface area contributed by atoms with Crippen molar-refractivity contribution in [2.75, 3.05) is 25.1 Å². The lowest BCUT2D eigenvalue weighted by Gasteiger charge is -2.22. The predicted molar refractivity (Wildman–Crippen MR) is 77.2 cm³/mol. The van der Waals surface area contributed by atoms with E-state index >= 15 is 0 Å². The monoisotopic (exact) mass is 303 g/mol. The zero-order chi connectivity index (χ0) is 12.4. The quantitative estimate of drug-likeness (QED) is 0.866. The molecule has 106 valence electrons. The van der Waals surface area contributed by atoms with Crippen LogP contribution in [0.3, 0.4) is 0 Å². The summed E-state index contributed by atoms with van der Waals surface area (Å²) in [6.45, 7) is 1.85. The van der Waals surface area contributed by atoms with Crippen LogP contribution in [0.5, 0.6) is 0 Å². The number of anilines is 1. The Hall–Kier alpha value is -0.690. The first-order valence-electron chi connectivity index (χ1n) is 6.43. The molecule has 1 saturated heterocycles. The highest BCUT2D eigenvalue weighted by Gasteiger charge is 2.23. The van der Waals surface area contributed by atoms with Crippen molar-refractivity contribution in [1.82, 2.24) is 10.3 Å². The zero-order valence-corrected chi connectivity index (χ0v) is 12.2. The van der Waals surface area contributed by atoms with Crippen LogP contribution in [0.1, 0.15) is 23.4 Å². The zero-order valence-electron chi connectivity index (χ0n) is 10.6. The Kier molecular flexibility index (Phi) is 5.15. The molecule has 1 unspecified atom stereocenters. The van der Waals surface area contributed by atoms with Gasteiger partial charge in [0.2, 0.25) is 5.91 Å². The van der Waals surface area contributed by atoms with Gasteiger partial charge in [0.05, 0.1) is 18.9 Å². The lowest BCUT2D eigenvalue weighted by Crippen LogP contribution is -2.48. The molecular weight excluding hydrogens is 286 g/mol. The van der Waals surface area contributed by atoms with E-state index in [0.29, 0.717) is 13.2 Å². The molecule has 7 heteroatoms. The maximum absolute atomic E-state index is 12.0. The molecule has 0 saturated carbocycles. The molecule has 0 spiro atoms. The second kappa shape index (κ2) is 6.65. The topological polar surface area (TPSA) is 63.2 Å². The summed E-state index contributed by atoms with van der Waals surface area (Å²) < 4.78 is 5.28. The Bertz CT molecular complexity index is 423. The largest absolute Gasteiger partial charge is 0.378 e. The van der Waals surface area contributed by atoms with E-state index in [4.69, 9.17) is 4.74 Å². The molecule has 1 aromatic rings. The van der Waals surface area contributed by atoms with Crippen LogP contribution in [0.25, 0.3) is 0 Å². The van der Waals surface area contributed by atoms with Crippen molar-refractivity contribution in [3.63, 3.8) is 0 Å². The molecule has 1 aliphatic heterocycles. The number of halogens is 1. The Morgan fingerprint density at radius 3 is 3.00 bits per heavy atom. The maximum atomic E-state index is 12.0. The minimum Gasteiger partial charge on any atom is -0.378 e. The average molecular weight is 304 g/mol. The Labute approximate surface area is 122 Å². The van der Waals surface area contributed by atoms with E-state index in [-0.39, 0.29) is 24.4 Å². The normalized spacial score (nSPS) is 22.2. The van der Waals surface area contributed by atoms with Crippen molar-refractivity contribution in [3.8, 4) is 0 Å². The number of ether oxygens (including phenoxy) is 1. The van der Waals surface area contributed by atoms with Crippen LogP contribution >= 0.6 is 23.7 Å². The second-order valence-corrected chi connectivity index (χ2v) is 5.75. The summed E-state index contributed by atoms with van der Waals surface area (Å²) >= 11 is 1.62. The summed E-state index contributed by atoms with van der Waals surface area (Å²) in [6, 6.07) is -0.250. The number of aryl methyl sites for hydroxylation is 2. The van der Waals surface area contributed by atoms with E-state index in [1.165, 1.54) is 23.4 Å². The highest BCUT2D eigenvalue weighted by atomic mass is 35.5. The fourth-order valence-corrected chi connectivity index (χ4v) is 3.38. The van der Waals surface area contributed by atoms with Gasteiger partial charge in [0.15, 0.2) is 5.13 Å². The van der Waals surface area contributed by atoms with Gasteiger partial charge >= 0.3 is 0 Å². The third-order valence-corrected chi connectivity index (χ3v) is 4.39. The van der Waals surface area contributed by atoms with Crippen LogP contribution in [0.2, 0.25) is 0 Å². The first-order valence-corrected chi connectivity index (χ1v) is 7.25. The first kappa shape index (κ1) is 14.7. The molecule has 2 N–H and O–H groups in total. The summed E-state index contributed by atoms with van der Waals surface area (Å²) in [5.41, 5.74) is 1.18. The van der Waals surface area contributed by atoms with Gasteiger partial charge in [0.25, 0.3) is 0 Å². The molecule has 2 heterocycles. The van der Waals surface area contributed by atoms with Gasteiger partial charge < -0.3 is 15.4 Å². The van der Waals surface area contributed by atoms with Crippen molar-refractivity contribution in [1.29, 1.82) is 0 Å². The minimum atomic E-state index is -0.250. The van der Waals surface area contributed by atoms with E-state index in [0.717, 1.165) is 24.5 Å². The molecule has 1 amide bonds. The molecular formula is C12H18ClN3O2S. The van der Waals surface area contributed by atoms with Crippen molar-refractivity contribution in [2.24, 2.45) is 0 Å². The number of rotatable bonds is 2. The molecule has 19 heavy (non-hydrogen) atoms. The van der Waals surface area contributed by atoms with E-state index < -0.39 is 0 Å². The lowest BCUT2D eigenvalue weighted by molar-refractivity contribution is -0.120. The highest BCUT2D eigenvalue weighted by Crippen LogP contribution is 2.29. The number of amides is 1. The number of nitrogens with one attached hydrogen (secondary N) is 2. The molecule has 5 nitrogen and oxygen atoms in total. The number of carbonyl (C=O) groups is 1. The molecule has 1 aliphatic carbocycles. The van der Waals surface area contributed by atoms with Crippen LogP contribution in [-0.4, -0.2) is 36.7 Å². The third kappa shape index (κ3) is 3.45. The summed E-state index contributed by atoms with van der Waals surface area (Å²) in [6.07, 6.45) is 4.60. The number of hydrogen-bond acceptors (Lipinski definition) is 5. The van der Waals surface area contributed by atoms with Crippen LogP contribution in [0.4, 0.5) is 5.13 Å². The van der Waals surface area contributed by atoms with Gasteiger partial charge in [-0.25, -0.2) is 4.98 Å². The predicted octanol–water partition coefficient (Wildman–Crippen LogP) is 1.37. The SMILES string of the molecule is Cl.O=C(Nc1nc2c(s1)CCCC2)C1COCCN1. The number of morpholine rings is 1. The van der Waals surface area contributed by atoms with Crippen LogP contribution in [0.15, 0.2) is 0 Å². The van der Waals surface area contributed by atoms with Gasteiger partial charge in [0.1, 0.15) is 6.04 Å². The second-order valence-electron chi connectivity index (χ2n) is 4.67. The molecule has 1 atom stereocenters. The van der Waals surface area contributed by atoms with Gasteiger partial charge in [-0.3, -0.25) is 4.79 Å². The van der Waals surface area contributed by atoms with Crippen LogP contribution < -0.4 is 10.6 Å². The number of aromatic nitrogens is 1. The van der Waals surface area contributed by atoms with Crippen LogP contribution in [-0.2, 0) is 22.4 Å². The summed E-state index contributed by atoms with van der Waals surface area (Å²) in [4.78, 5) is 17.8. The first-order chi connectivity index (χ1) is 8.83. The van der Waals surface area contributed by atoms with E-state index in [1.807, 2.05) is 0 Å². The molecule has 1 fully saturated rings. The summed E-state index contributed by atoms with van der Waals surface area (Å²) in [5, 5.41) is 6.77. The van der Waals surface area contributed by atoms with Gasteiger partial charge in [-0.15, -0.1) is 23.7 Å². The smallest absolute Gasteiger partial charge is 0.245 e. The van der Waals surface area contributed by atoms with Crippen LogP contribution in [0, 0.1) is 0 Å².